The van der Waals surface area contributed by atoms with Crippen LogP contribution in [0.25, 0.3) is 0 Å². The van der Waals surface area contributed by atoms with E-state index in [-0.39, 0.29) is 11.4 Å². The van der Waals surface area contributed by atoms with E-state index >= 15 is 0 Å². The van der Waals surface area contributed by atoms with Crippen molar-refractivity contribution in [2.45, 2.75) is 50.6 Å². The maximum atomic E-state index is 13.1. The molecule has 2 N–H and O–H groups in total. The lowest BCUT2D eigenvalue weighted by Gasteiger charge is -2.27. The molecule has 1 aliphatic rings. The number of nitrogens with zero attached hydrogens (tertiary/aromatic N) is 2. The Morgan fingerprint density at radius 3 is 2.28 bits per heavy atom. The minimum absolute atomic E-state index is 0.0389. The van der Waals surface area contributed by atoms with Crippen LogP contribution in [0.1, 0.15) is 34.1 Å². The molecule has 10 heteroatoms. The number of nitrogens with one attached hydrogen (secondary N) is 2. The summed E-state index contributed by atoms with van der Waals surface area (Å²) in [5, 5.41) is 4.99. The molecule has 2 rings (SSSR count). The van der Waals surface area contributed by atoms with Crippen molar-refractivity contribution in [1.82, 2.24) is 19.8 Å². The number of halogens is 1. The lowest BCUT2D eigenvalue weighted by molar-refractivity contribution is -0.124. The van der Waals surface area contributed by atoms with E-state index in [2.05, 4.69) is 10.6 Å². The molecule has 1 aromatic rings. The number of rotatable bonds is 4. The Morgan fingerprint density at radius 1 is 1.07 bits per heavy atom. The first-order valence-corrected chi connectivity index (χ1v) is 11.0. The zero-order valence-corrected chi connectivity index (χ0v) is 18.1. The van der Waals surface area contributed by atoms with Gasteiger partial charge in [-0.1, -0.05) is 0 Å². The summed E-state index contributed by atoms with van der Waals surface area (Å²) in [5.74, 6) is -0.942. The van der Waals surface area contributed by atoms with E-state index in [1.54, 1.807) is 6.92 Å². The van der Waals surface area contributed by atoms with Crippen LogP contribution in [-0.4, -0.2) is 67.3 Å². The predicted molar refractivity (Wildman–Crippen MR) is 107 cm³/mol. The molecule has 1 atom stereocenters. The summed E-state index contributed by atoms with van der Waals surface area (Å²) >= 11 is 0. The average Bonchev–Trinajstić information content (AvgIpc) is 2.86. The quantitative estimate of drug-likeness (QED) is 0.758. The lowest BCUT2D eigenvalue weighted by Crippen LogP contribution is -2.53. The maximum absolute atomic E-state index is 13.1. The minimum Gasteiger partial charge on any atom is -0.333 e. The Bertz CT molecular complexity index is 837. The van der Waals surface area contributed by atoms with Crippen LogP contribution in [0.2, 0.25) is 0 Å². The van der Waals surface area contributed by atoms with E-state index in [1.165, 1.54) is 16.4 Å². The molecule has 0 radical (unpaired) electrons. The highest BCUT2D eigenvalue weighted by atomic mass is 32.2. The molecule has 29 heavy (non-hydrogen) atoms. The van der Waals surface area contributed by atoms with Crippen LogP contribution in [0.15, 0.2) is 29.2 Å². The second-order valence-electron chi connectivity index (χ2n) is 8.12. The van der Waals surface area contributed by atoms with E-state index < -0.39 is 39.4 Å². The summed E-state index contributed by atoms with van der Waals surface area (Å²) in [5.41, 5.74) is -0.467. The zero-order valence-electron chi connectivity index (χ0n) is 17.2. The van der Waals surface area contributed by atoms with Gasteiger partial charge in [0, 0.05) is 31.7 Å². The summed E-state index contributed by atoms with van der Waals surface area (Å²) in [4.78, 5) is 26.2. The van der Waals surface area contributed by atoms with Crippen molar-refractivity contribution in [3.05, 3.63) is 30.1 Å². The first-order chi connectivity index (χ1) is 13.4. The average molecular weight is 429 g/mol. The molecule has 1 aliphatic heterocycles. The number of hydrogen-bond donors (Lipinski definition) is 2. The molecule has 0 spiro atoms. The summed E-state index contributed by atoms with van der Waals surface area (Å²) < 4.78 is 40.0. The van der Waals surface area contributed by atoms with E-state index in [0.29, 0.717) is 26.1 Å². The van der Waals surface area contributed by atoms with Crippen molar-refractivity contribution < 1.29 is 22.4 Å². The summed E-state index contributed by atoms with van der Waals surface area (Å²) in [6.45, 7) is 8.48. The smallest absolute Gasteiger partial charge is 0.321 e. The zero-order chi connectivity index (χ0) is 21.8. The molecular formula is C19H29FN4O4S. The van der Waals surface area contributed by atoms with Crippen LogP contribution in [0, 0.1) is 5.82 Å². The number of amides is 3. The maximum Gasteiger partial charge on any atom is 0.321 e. The SMILES string of the molecule is CC(C(=O)NC(=O)NC(C)(C)C)N1CCCN(S(=O)(=O)c2ccc(F)cc2)CC1. The molecule has 1 aromatic carbocycles. The van der Waals surface area contributed by atoms with Gasteiger partial charge < -0.3 is 5.32 Å². The van der Waals surface area contributed by atoms with Crippen LogP contribution < -0.4 is 10.6 Å². The van der Waals surface area contributed by atoms with E-state index in [9.17, 15) is 22.4 Å². The van der Waals surface area contributed by atoms with Crippen molar-refractivity contribution in [3.63, 3.8) is 0 Å². The number of sulfonamides is 1. The highest BCUT2D eigenvalue weighted by Crippen LogP contribution is 2.19. The molecule has 0 aliphatic carbocycles. The van der Waals surface area contributed by atoms with Gasteiger partial charge in [-0.2, -0.15) is 4.31 Å². The normalized spacial score (nSPS) is 18.0. The number of hydrogen-bond acceptors (Lipinski definition) is 5. The Morgan fingerprint density at radius 2 is 1.69 bits per heavy atom. The van der Waals surface area contributed by atoms with Crippen molar-refractivity contribution in [2.75, 3.05) is 26.2 Å². The van der Waals surface area contributed by atoms with Gasteiger partial charge in [0.1, 0.15) is 5.82 Å². The summed E-state index contributed by atoms with van der Waals surface area (Å²) in [7, 11) is -3.74. The third-order valence-corrected chi connectivity index (χ3v) is 6.51. The van der Waals surface area contributed by atoms with Crippen LogP contribution in [0.4, 0.5) is 9.18 Å². The number of benzene rings is 1. The largest absolute Gasteiger partial charge is 0.333 e. The number of imide groups is 1. The second kappa shape index (κ2) is 9.19. The van der Waals surface area contributed by atoms with Gasteiger partial charge in [0.15, 0.2) is 0 Å². The first-order valence-electron chi connectivity index (χ1n) is 9.53. The lowest BCUT2D eigenvalue weighted by atomic mass is 10.1. The van der Waals surface area contributed by atoms with Crippen molar-refractivity contribution in [1.29, 1.82) is 0 Å². The van der Waals surface area contributed by atoms with Gasteiger partial charge in [-0.15, -0.1) is 0 Å². The minimum atomic E-state index is -3.74. The van der Waals surface area contributed by atoms with Crippen molar-refractivity contribution >= 4 is 22.0 Å². The molecule has 8 nitrogen and oxygen atoms in total. The molecule has 162 valence electrons. The predicted octanol–water partition coefficient (Wildman–Crippen LogP) is 1.53. The van der Waals surface area contributed by atoms with Gasteiger partial charge >= 0.3 is 6.03 Å². The number of carbonyl (C=O) groups excluding carboxylic acids is 2. The second-order valence-corrected chi connectivity index (χ2v) is 10.1. The van der Waals surface area contributed by atoms with E-state index in [4.69, 9.17) is 0 Å². The fraction of sp³-hybridized carbons (Fsp3) is 0.579. The molecule has 1 heterocycles. The molecule has 1 saturated heterocycles. The van der Waals surface area contributed by atoms with Crippen LogP contribution in [-0.2, 0) is 14.8 Å². The number of urea groups is 1. The molecule has 0 aromatic heterocycles. The molecule has 1 unspecified atom stereocenters. The Balaban J connectivity index is 1.99. The van der Waals surface area contributed by atoms with Gasteiger partial charge in [-0.3, -0.25) is 15.0 Å². The first kappa shape index (κ1) is 23.2. The monoisotopic (exact) mass is 428 g/mol. The van der Waals surface area contributed by atoms with Gasteiger partial charge in [0.05, 0.1) is 10.9 Å². The standard InChI is InChI=1S/C19H29FN4O4S/c1-14(17(25)21-18(26)22-19(2,3)4)23-10-5-11-24(13-12-23)29(27,28)16-8-6-15(20)7-9-16/h6-9,14H,5,10-13H2,1-4H3,(H2,21,22,25,26). The van der Waals surface area contributed by atoms with Gasteiger partial charge in [0.25, 0.3) is 0 Å². The fourth-order valence-corrected chi connectivity index (χ4v) is 4.52. The number of carbonyl (C=O) groups is 2. The summed E-state index contributed by atoms with van der Waals surface area (Å²) in [6, 6.07) is 3.57. The molecule has 3 amide bonds. The Kier molecular flexibility index (Phi) is 7.36. The fourth-order valence-electron chi connectivity index (χ4n) is 3.05. The molecular weight excluding hydrogens is 399 g/mol. The molecule has 1 fully saturated rings. The highest BCUT2D eigenvalue weighted by molar-refractivity contribution is 7.89. The van der Waals surface area contributed by atoms with Gasteiger partial charge in [0.2, 0.25) is 15.9 Å². The van der Waals surface area contributed by atoms with Crippen LogP contribution in [0.5, 0.6) is 0 Å². The Hall–Kier alpha value is -2.04. The van der Waals surface area contributed by atoms with E-state index in [0.717, 1.165) is 12.1 Å². The Labute approximate surface area is 171 Å². The van der Waals surface area contributed by atoms with Crippen LogP contribution in [0.3, 0.4) is 0 Å². The third-order valence-electron chi connectivity index (χ3n) is 4.59. The summed E-state index contributed by atoms with van der Waals surface area (Å²) in [6.07, 6.45) is 0.534. The van der Waals surface area contributed by atoms with Crippen molar-refractivity contribution in [3.8, 4) is 0 Å². The highest BCUT2D eigenvalue weighted by Gasteiger charge is 2.30. The third kappa shape index (κ3) is 6.48. The van der Waals surface area contributed by atoms with Gasteiger partial charge in [-0.25, -0.2) is 17.6 Å². The molecule has 0 saturated carbocycles. The van der Waals surface area contributed by atoms with Gasteiger partial charge in [-0.05, 0) is 58.4 Å². The topological polar surface area (TPSA) is 98.8 Å². The van der Waals surface area contributed by atoms with Crippen molar-refractivity contribution in [2.24, 2.45) is 0 Å². The van der Waals surface area contributed by atoms with E-state index in [1.807, 2.05) is 25.7 Å². The molecule has 0 bridgehead atoms. The van der Waals surface area contributed by atoms with Crippen LogP contribution >= 0.6 is 0 Å².